The molecule has 0 aliphatic rings. The third-order valence-corrected chi connectivity index (χ3v) is 6.26. The molecular weight excluding hydrogens is 386 g/mol. The van der Waals surface area contributed by atoms with Crippen LogP contribution in [0.5, 0.6) is 0 Å². The molecule has 0 bridgehead atoms. The molecule has 29 heavy (non-hydrogen) atoms. The number of nitrogens with one attached hydrogen (secondary N) is 3. The number of rotatable bonds is 6. The second-order valence-electron chi connectivity index (χ2n) is 9.05. The van der Waals surface area contributed by atoms with Crippen molar-refractivity contribution in [3.05, 3.63) is 59.7 Å². The van der Waals surface area contributed by atoms with Crippen LogP contribution < -0.4 is 15.4 Å². The summed E-state index contributed by atoms with van der Waals surface area (Å²) in [5, 5.41) is 6.23. The predicted octanol–water partition coefficient (Wildman–Crippen LogP) is 4.37. The van der Waals surface area contributed by atoms with Crippen molar-refractivity contribution in [1.82, 2.24) is 5.32 Å². The minimum atomic E-state index is -3.44. The van der Waals surface area contributed by atoms with E-state index in [9.17, 15) is 13.2 Å². The molecule has 158 valence electrons. The molecule has 2 rings (SSSR count). The Bertz CT molecular complexity index is 937. The first-order valence-corrected chi connectivity index (χ1v) is 11.0. The SMILES string of the molecule is CC(C)(C)NC(=O)c1ccc(NCc2ccc(NS(=O)(=O)C(C)(C)C)cc2)cc1. The normalized spacial score (nSPS) is 12.3. The second-order valence-corrected chi connectivity index (χ2v) is 11.5. The third-order valence-electron chi connectivity index (χ3n) is 4.14. The van der Waals surface area contributed by atoms with Gasteiger partial charge in [-0.1, -0.05) is 12.1 Å². The summed E-state index contributed by atoms with van der Waals surface area (Å²) in [5.41, 5.74) is 2.79. The Morgan fingerprint density at radius 1 is 0.828 bits per heavy atom. The van der Waals surface area contributed by atoms with Crippen LogP contribution in [0.3, 0.4) is 0 Å². The molecule has 7 heteroatoms. The van der Waals surface area contributed by atoms with Crippen molar-refractivity contribution in [3.63, 3.8) is 0 Å². The lowest BCUT2D eigenvalue weighted by atomic mass is 10.1. The van der Waals surface area contributed by atoms with Crippen LogP contribution in [0, 0.1) is 0 Å². The predicted molar refractivity (Wildman–Crippen MR) is 120 cm³/mol. The standard InChI is InChI=1S/C22H31N3O3S/c1-21(2,3)24-20(26)17-9-13-18(14-10-17)23-15-16-7-11-19(12-8-16)25-29(27,28)22(4,5)6/h7-14,23,25H,15H2,1-6H3,(H,24,26). The summed E-state index contributed by atoms with van der Waals surface area (Å²) in [6.07, 6.45) is 0. The van der Waals surface area contributed by atoms with Gasteiger partial charge in [-0.05, 0) is 83.5 Å². The first-order valence-electron chi connectivity index (χ1n) is 9.55. The zero-order valence-electron chi connectivity index (χ0n) is 18.0. The molecule has 0 atom stereocenters. The van der Waals surface area contributed by atoms with Crippen LogP contribution >= 0.6 is 0 Å². The van der Waals surface area contributed by atoms with Gasteiger partial charge in [0.1, 0.15) is 0 Å². The van der Waals surface area contributed by atoms with Gasteiger partial charge in [0.15, 0.2) is 0 Å². The number of carbonyl (C=O) groups is 1. The fourth-order valence-electron chi connectivity index (χ4n) is 2.36. The molecule has 6 nitrogen and oxygen atoms in total. The van der Waals surface area contributed by atoms with Crippen LogP contribution in [0.4, 0.5) is 11.4 Å². The lowest BCUT2D eigenvalue weighted by Gasteiger charge is -2.20. The van der Waals surface area contributed by atoms with Crippen LogP contribution in [0.25, 0.3) is 0 Å². The number of benzene rings is 2. The average Bonchev–Trinajstić information content (AvgIpc) is 2.59. The van der Waals surface area contributed by atoms with Crippen LogP contribution in [-0.4, -0.2) is 24.6 Å². The summed E-state index contributed by atoms with van der Waals surface area (Å²) in [5.74, 6) is -0.0997. The molecule has 2 aromatic rings. The summed E-state index contributed by atoms with van der Waals surface area (Å²) in [6, 6.07) is 14.5. The highest BCUT2D eigenvalue weighted by molar-refractivity contribution is 7.94. The van der Waals surface area contributed by atoms with Gasteiger partial charge in [-0.2, -0.15) is 0 Å². The van der Waals surface area contributed by atoms with E-state index in [0.717, 1.165) is 11.3 Å². The van der Waals surface area contributed by atoms with Crippen molar-refractivity contribution in [2.45, 2.75) is 58.4 Å². The molecule has 3 N–H and O–H groups in total. The molecule has 0 aliphatic carbocycles. The maximum Gasteiger partial charge on any atom is 0.251 e. The quantitative estimate of drug-likeness (QED) is 0.651. The fourth-order valence-corrected chi connectivity index (χ4v) is 3.11. The molecule has 1 amide bonds. The Balaban J connectivity index is 1.94. The molecular formula is C22H31N3O3S. The average molecular weight is 418 g/mol. The molecule has 0 saturated carbocycles. The number of hydrogen-bond donors (Lipinski definition) is 3. The molecule has 0 fully saturated rings. The van der Waals surface area contributed by atoms with E-state index in [2.05, 4.69) is 15.4 Å². The van der Waals surface area contributed by atoms with Gasteiger partial charge in [0.05, 0.1) is 4.75 Å². The van der Waals surface area contributed by atoms with Crippen LogP contribution in [-0.2, 0) is 16.6 Å². The topological polar surface area (TPSA) is 87.3 Å². The van der Waals surface area contributed by atoms with Crippen molar-refractivity contribution >= 4 is 27.3 Å². The van der Waals surface area contributed by atoms with Gasteiger partial charge in [0.2, 0.25) is 10.0 Å². The molecule has 0 spiro atoms. The van der Waals surface area contributed by atoms with Gasteiger partial charge in [-0.25, -0.2) is 8.42 Å². The summed E-state index contributed by atoms with van der Waals surface area (Å²) in [6.45, 7) is 11.4. The second kappa shape index (κ2) is 8.45. The van der Waals surface area contributed by atoms with Gasteiger partial charge in [0.25, 0.3) is 5.91 Å². The van der Waals surface area contributed by atoms with E-state index in [1.54, 1.807) is 45.0 Å². The smallest absolute Gasteiger partial charge is 0.251 e. The summed E-state index contributed by atoms with van der Waals surface area (Å²) in [7, 11) is -3.44. The largest absolute Gasteiger partial charge is 0.381 e. The van der Waals surface area contributed by atoms with Gasteiger partial charge in [-0.15, -0.1) is 0 Å². The van der Waals surface area contributed by atoms with Crippen molar-refractivity contribution in [2.24, 2.45) is 0 Å². The highest BCUT2D eigenvalue weighted by Gasteiger charge is 2.28. The fraction of sp³-hybridized carbons (Fsp3) is 0.409. The molecule has 0 aromatic heterocycles. The zero-order chi connectivity index (χ0) is 21.9. The van der Waals surface area contributed by atoms with E-state index < -0.39 is 14.8 Å². The number of anilines is 2. The van der Waals surface area contributed by atoms with Crippen molar-refractivity contribution in [2.75, 3.05) is 10.0 Å². The van der Waals surface area contributed by atoms with Crippen molar-refractivity contribution in [3.8, 4) is 0 Å². The van der Waals surface area contributed by atoms with Crippen LogP contribution in [0.1, 0.15) is 57.5 Å². The zero-order valence-corrected chi connectivity index (χ0v) is 18.8. The summed E-state index contributed by atoms with van der Waals surface area (Å²) < 4.78 is 26.2. The maximum atomic E-state index is 12.2. The molecule has 2 aromatic carbocycles. The monoisotopic (exact) mass is 417 g/mol. The van der Waals surface area contributed by atoms with Gasteiger partial charge in [0, 0.05) is 29.0 Å². The molecule has 0 aliphatic heterocycles. The van der Waals surface area contributed by atoms with E-state index in [0.29, 0.717) is 17.8 Å². The lowest BCUT2D eigenvalue weighted by molar-refractivity contribution is 0.0919. The molecule has 0 heterocycles. The van der Waals surface area contributed by atoms with E-state index in [4.69, 9.17) is 0 Å². The van der Waals surface area contributed by atoms with Crippen LogP contribution in [0.2, 0.25) is 0 Å². The first-order chi connectivity index (χ1) is 13.3. The Morgan fingerprint density at radius 2 is 1.34 bits per heavy atom. The molecule has 0 saturated heterocycles. The summed E-state index contributed by atoms with van der Waals surface area (Å²) >= 11 is 0. The van der Waals surface area contributed by atoms with E-state index in [1.807, 2.05) is 45.0 Å². The van der Waals surface area contributed by atoms with E-state index in [-0.39, 0.29) is 11.4 Å². The molecule has 0 unspecified atom stereocenters. The van der Waals surface area contributed by atoms with E-state index >= 15 is 0 Å². The van der Waals surface area contributed by atoms with Crippen molar-refractivity contribution < 1.29 is 13.2 Å². The Morgan fingerprint density at radius 3 is 1.83 bits per heavy atom. The lowest BCUT2D eigenvalue weighted by Crippen LogP contribution is -2.40. The highest BCUT2D eigenvalue weighted by atomic mass is 32.2. The molecule has 0 radical (unpaired) electrons. The summed E-state index contributed by atoms with van der Waals surface area (Å²) in [4.78, 5) is 12.2. The third kappa shape index (κ3) is 6.78. The van der Waals surface area contributed by atoms with Gasteiger partial charge < -0.3 is 10.6 Å². The minimum Gasteiger partial charge on any atom is -0.381 e. The van der Waals surface area contributed by atoms with Gasteiger partial charge in [-0.3, -0.25) is 9.52 Å². The van der Waals surface area contributed by atoms with E-state index in [1.165, 1.54) is 0 Å². The number of amides is 1. The number of hydrogen-bond acceptors (Lipinski definition) is 4. The maximum absolute atomic E-state index is 12.2. The van der Waals surface area contributed by atoms with Gasteiger partial charge >= 0.3 is 0 Å². The first kappa shape index (κ1) is 22.7. The van der Waals surface area contributed by atoms with Crippen LogP contribution in [0.15, 0.2) is 48.5 Å². The van der Waals surface area contributed by atoms with Crippen molar-refractivity contribution in [1.29, 1.82) is 0 Å². The Kier molecular flexibility index (Phi) is 6.63. The minimum absolute atomic E-state index is 0.0997. The number of carbonyl (C=O) groups excluding carboxylic acids is 1. The highest BCUT2D eigenvalue weighted by Crippen LogP contribution is 2.20. The Labute approximate surface area is 174 Å². The number of sulfonamides is 1. The Hall–Kier alpha value is -2.54.